The van der Waals surface area contributed by atoms with Crippen LogP contribution in [0.3, 0.4) is 0 Å². The summed E-state index contributed by atoms with van der Waals surface area (Å²) in [7, 11) is 1.46. The van der Waals surface area contributed by atoms with Crippen LogP contribution in [-0.2, 0) is 25.4 Å². The smallest absolute Gasteiger partial charge is 0.467 e. The molecule has 1 aliphatic rings. The Hall–Kier alpha value is -3.97. The van der Waals surface area contributed by atoms with Crippen LogP contribution in [0.2, 0.25) is 0 Å². The molecular formula is C26H33F3N4O7. The zero-order valence-electron chi connectivity index (χ0n) is 22.5. The van der Waals surface area contributed by atoms with Gasteiger partial charge in [-0.15, -0.1) is 13.2 Å². The quantitative estimate of drug-likeness (QED) is 0.282. The van der Waals surface area contributed by atoms with E-state index < -0.39 is 24.8 Å². The summed E-state index contributed by atoms with van der Waals surface area (Å²) in [4.78, 5) is 34.6. The summed E-state index contributed by atoms with van der Waals surface area (Å²) in [6.45, 7) is 4.97. The van der Waals surface area contributed by atoms with Gasteiger partial charge in [-0.05, 0) is 49.8 Å². The van der Waals surface area contributed by atoms with Crippen molar-refractivity contribution in [1.29, 1.82) is 0 Å². The molecule has 2 atom stereocenters. The Morgan fingerprint density at radius 3 is 2.60 bits per heavy atom. The molecule has 2 heterocycles. The Kier molecular flexibility index (Phi) is 11.0. The van der Waals surface area contributed by atoms with E-state index in [0.717, 1.165) is 24.9 Å². The highest BCUT2D eigenvalue weighted by atomic mass is 19.4. The third-order valence-corrected chi connectivity index (χ3v) is 5.87. The largest absolute Gasteiger partial charge is 0.573 e. The Morgan fingerprint density at radius 1 is 1.18 bits per heavy atom. The standard InChI is InChI=1S/C26H33F3N4O7/c1-4-37-25(35)39-17(2)38-23(34)14-19-6-5-13-33(16-19)22-15-21(31-24(32-22)36-3)30-12-11-18-7-9-20(10-8-18)40-26(27,28)29/h7-10,15,17,19H,4-6,11-14,16H2,1-3H3,(H,30,31,32). The van der Waals surface area contributed by atoms with Crippen molar-refractivity contribution < 1.29 is 46.4 Å². The van der Waals surface area contributed by atoms with Crippen molar-refractivity contribution in [2.75, 3.05) is 43.6 Å². The first kappa shape index (κ1) is 30.6. The van der Waals surface area contributed by atoms with Crippen LogP contribution < -0.4 is 19.7 Å². The van der Waals surface area contributed by atoms with E-state index in [-0.39, 0.29) is 30.7 Å². The number of alkyl halides is 3. The summed E-state index contributed by atoms with van der Waals surface area (Å²) < 4.78 is 60.9. The Bertz CT molecular complexity index is 1120. The summed E-state index contributed by atoms with van der Waals surface area (Å²) in [5, 5.41) is 3.19. The number of piperidine rings is 1. The highest BCUT2D eigenvalue weighted by Crippen LogP contribution is 2.27. The van der Waals surface area contributed by atoms with Crippen LogP contribution in [0, 0.1) is 5.92 Å². The molecule has 1 aliphatic heterocycles. The van der Waals surface area contributed by atoms with Crippen molar-refractivity contribution in [3.63, 3.8) is 0 Å². The maximum atomic E-state index is 12.4. The number of hydrogen-bond donors (Lipinski definition) is 1. The molecule has 0 bridgehead atoms. The number of nitrogens with one attached hydrogen (secondary N) is 1. The van der Waals surface area contributed by atoms with Gasteiger partial charge in [0.1, 0.15) is 17.4 Å². The lowest BCUT2D eigenvalue weighted by Gasteiger charge is -2.33. The number of aromatic nitrogens is 2. The minimum atomic E-state index is -4.73. The topological polar surface area (TPSA) is 121 Å². The average molecular weight is 571 g/mol. The second kappa shape index (κ2) is 14.4. The summed E-state index contributed by atoms with van der Waals surface area (Å²) in [6.07, 6.45) is -4.37. The van der Waals surface area contributed by atoms with Crippen molar-refractivity contribution >= 4 is 23.8 Å². The molecule has 2 unspecified atom stereocenters. The van der Waals surface area contributed by atoms with E-state index in [9.17, 15) is 22.8 Å². The Balaban J connectivity index is 1.54. The lowest BCUT2D eigenvalue weighted by atomic mass is 9.95. The summed E-state index contributed by atoms with van der Waals surface area (Å²) in [5.41, 5.74) is 0.816. The average Bonchev–Trinajstić information content (AvgIpc) is 2.88. The molecule has 2 aromatic rings. The van der Waals surface area contributed by atoms with Crippen molar-refractivity contribution in [2.24, 2.45) is 5.92 Å². The molecule has 0 radical (unpaired) electrons. The van der Waals surface area contributed by atoms with E-state index in [1.807, 2.05) is 4.90 Å². The number of benzene rings is 1. The molecule has 1 aromatic heterocycles. The van der Waals surface area contributed by atoms with Crippen molar-refractivity contribution in [3.05, 3.63) is 35.9 Å². The molecule has 1 fully saturated rings. The van der Waals surface area contributed by atoms with Gasteiger partial charge >= 0.3 is 24.5 Å². The van der Waals surface area contributed by atoms with Crippen LogP contribution in [0.5, 0.6) is 11.8 Å². The summed E-state index contributed by atoms with van der Waals surface area (Å²) in [5.74, 6) is 0.384. The van der Waals surface area contributed by atoms with Crippen molar-refractivity contribution in [2.45, 2.75) is 52.2 Å². The predicted octanol–water partition coefficient (Wildman–Crippen LogP) is 4.71. The number of carbonyl (C=O) groups excluding carboxylic acids is 2. The number of esters is 1. The third kappa shape index (κ3) is 10.3. The maximum absolute atomic E-state index is 12.4. The number of nitrogens with zero attached hydrogens (tertiary/aromatic N) is 3. The number of ether oxygens (including phenoxy) is 5. The molecule has 0 amide bonds. The second-order valence-electron chi connectivity index (χ2n) is 8.98. The normalized spacial score (nSPS) is 16.1. The lowest BCUT2D eigenvalue weighted by molar-refractivity contribution is -0.274. The fourth-order valence-corrected chi connectivity index (χ4v) is 4.17. The van der Waals surface area contributed by atoms with Gasteiger partial charge in [-0.3, -0.25) is 4.79 Å². The van der Waals surface area contributed by atoms with E-state index >= 15 is 0 Å². The van der Waals surface area contributed by atoms with Crippen LogP contribution in [0.15, 0.2) is 30.3 Å². The SMILES string of the molecule is CCOC(=O)OC(C)OC(=O)CC1CCCN(c2cc(NCCc3ccc(OC(F)(F)F)cc3)nc(OC)n2)C1. The Labute approximate surface area is 229 Å². The number of carbonyl (C=O) groups is 2. The van der Waals surface area contributed by atoms with Crippen molar-refractivity contribution in [3.8, 4) is 11.8 Å². The molecule has 40 heavy (non-hydrogen) atoms. The molecule has 0 spiro atoms. The molecule has 3 rings (SSSR count). The van der Waals surface area contributed by atoms with Crippen LogP contribution in [-0.4, -0.2) is 68.1 Å². The highest BCUT2D eigenvalue weighted by Gasteiger charge is 2.31. The van der Waals surface area contributed by atoms with Gasteiger partial charge < -0.3 is 33.9 Å². The van der Waals surface area contributed by atoms with E-state index in [4.69, 9.17) is 14.2 Å². The number of halogens is 3. The molecular weight excluding hydrogens is 537 g/mol. The van der Waals surface area contributed by atoms with Gasteiger partial charge in [0.2, 0.25) is 6.29 Å². The van der Waals surface area contributed by atoms with Crippen molar-refractivity contribution in [1.82, 2.24) is 9.97 Å². The molecule has 220 valence electrons. The van der Waals surface area contributed by atoms with Crippen LogP contribution in [0.1, 0.15) is 38.7 Å². The van der Waals surface area contributed by atoms with Gasteiger partial charge in [-0.2, -0.15) is 9.97 Å². The Morgan fingerprint density at radius 2 is 1.93 bits per heavy atom. The number of anilines is 2. The number of hydrogen-bond acceptors (Lipinski definition) is 11. The zero-order chi connectivity index (χ0) is 29.1. The van der Waals surface area contributed by atoms with Gasteiger partial charge in [-0.1, -0.05) is 12.1 Å². The second-order valence-corrected chi connectivity index (χ2v) is 8.98. The fraction of sp³-hybridized carbons (Fsp3) is 0.538. The predicted molar refractivity (Wildman–Crippen MR) is 137 cm³/mol. The molecule has 0 aliphatic carbocycles. The van der Waals surface area contributed by atoms with Crippen LogP contribution in [0.25, 0.3) is 0 Å². The minimum Gasteiger partial charge on any atom is -0.467 e. The van der Waals surface area contributed by atoms with Gasteiger partial charge in [0.05, 0.1) is 20.1 Å². The van der Waals surface area contributed by atoms with E-state index in [1.54, 1.807) is 25.1 Å². The fourth-order valence-electron chi connectivity index (χ4n) is 4.17. The first-order chi connectivity index (χ1) is 19.0. The molecule has 14 heteroatoms. The molecule has 11 nitrogen and oxygen atoms in total. The van der Waals surface area contributed by atoms with E-state index in [2.05, 4.69) is 24.8 Å². The zero-order valence-corrected chi connectivity index (χ0v) is 22.5. The third-order valence-electron chi connectivity index (χ3n) is 5.87. The van der Waals surface area contributed by atoms with E-state index in [0.29, 0.717) is 31.1 Å². The highest BCUT2D eigenvalue weighted by molar-refractivity contribution is 5.70. The van der Waals surface area contributed by atoms with Gasteiger partial charge in [0, 0.05) is 32.6 Å². The number of rotatable bonds is 12. The molecule has 0 saturated carbocycles. The molecule has 1 aromatic carbocycles. The minimum absolute atomic E-state index is 0.00212. The summed E-state index contributed by atoms with van der Waals surface area (Å²) in [6, 6.07) is 7.62. The maximum Gasteiger partial charge on any atom is 0.573 e. The van der Waals surface area contributed by atoms with Gasteiger partial charge in [0.15, 0.2) is 0 Å². The van der Waals surface area contributed by atoms with E-state index in [1.165, 1.54) is 26.2 Å². The number of methoxy groups -OCH3 is 1. The van der Waals surface area contributed by atoms with Gasteiger partial charge in [0.25, 0.3) is 0 Å². The monoisotopic (exact) mass is 570 g/mol. The van der Waals surface area contributed by atoms with Crippen LogP contribution in [0.4, 0.5) is 29.6 Å². The molecule has 1 N–H and O–H groups in total. The first-order valence-corrected chi connectivity index (χ1v) is 12.8. The van der Waals surface area contributed by atoms with Gasteiger partial charge in [-0.25, -0.2) is 4.79 Å². The first-order valence-electron chi connectivity index (χ1n) is 12.8. The molecule has 1 saturated heterocycles. The summed E-state index contributed by atoms with van der Waals surface area (Å²) >= 11 is 0. The lowest BCUT2D eigenvalue weighted by Crippen LogP contribution is -2.37. The van der Waals surface area contributed by atoms with Crippen LogP contribution >= 0.6 is 0 Å².